The van der Waals surface area contributed by atoms with Crippen molar-refractivity contribution in [3.8, 4) is 5.69 Å². The van der Waals surface area contributed by atoms with E-state index in [9.17, 15) is 0 Å². The van der Waals surface area contributed by atoms with Gasteiger partial charge in [0.25, 0.3) is 0 Å². The fraction of sp³-hybridized carbons (Fsp3) is 0. The Morgan fingerprint density at radius 3 is 2.47 bits per heavy atom. The maximum atomic E-state index is 5.89. The van der Waals surface area contributed by atoms with Gasteiger partial charge in [0.05, 0.1) is 5.52 Å². The molecular formula is C14H11ClN2. The Kier molecular flexibility index (Phi) is 2.30. The Labute approximate surface area is 104 Å². The number of nitrogens with two attached hydrogens (primary N) is 1. The summed E-state index contributed by atoms with van der Waals surface area (Å²) in [7, 11) is 0. The van der Waals surface area contributed by atoms with E-state index in [0.29, 0.717) is 0 Å². The first-order valence-corrected chi connectivity index (χ1v) is 5.74. The van der Waals surface area contributed by atoms with E-state index in [1.165, 1.54) is 0 Å². The molecule has 3 aromatic rings. The first-order chi connectivity index (χ1) is 8.24. The third-order valence-electron chi connectivity index (χ3n) is 2.82. The number of benzene rings is 2. The van der Waals surface area contributed by atoms with Gasteiger partial charge in [0.1, 0.15) is 0 Å². The van der Waals surface area contributed by atoms with Gasteiger partial charge in [-0.1, -0.05) is 11.6 Å². The quantitative estimate of drug-likeness (QED) is 0.646. The molecule has 1 heterocycles. The topological polar surface area (TPSA) is 30.9 Å². The van der Waals surface area contributed by atoms with Crippen molar-refractivity contribution < 1.29 is 0 Å². The minimum absolute atomic E-state index is 0.745. The van der Waals surface area contributed by atoms with Crippen LogP contribution in [-0.2, 0) is 0 Å². The van der Waals surface area contributed by atoms with Gasteiger partial charge in [-0.05, 0) is 48.5 Å². The van der Waals surface area contributed by atoms with Gasteiger partial charge in [-0.25, -0.2) is 0 Å². The summed E-state index contributed by atoms with van der Waals surface area (Å²) in [6.07, 6.45) is 2.04. The van der Waals surface area contributed by atoms with Crippen LogP contribution in [-0.4, -0.2) is 4.57 Å². The lowest BCUT2D eigenvalue weighted by atomic mass is 10.2. The van der Waals surface area contributed by atoms with Gasteiger partial charge in [0, 0.05) is 28.0 Å². The molecule has 0 unspecified atom stereocenters. The third kappa shape index (κ3) is 1.77. The van der Waals surface area contributed by atoms with Crippen molar-refractivity contribution in [3.05, 3.63) is 59.8 Å². The van der Waals surface area contributed by atoms with Gasteiger partial charge in [0.2, 0.25) is 0 Å². The fourth-order valence-electron chi connectivity index (χ4n) is 1.99. The Hall–Kier alpha value is -1.93. The minimum Gasteiger partial charge on any atom is -0.399 e. The van der Waals surface area contributed by atoms with Crippen molar-refractivity contribution >= 4 is 28.2 Å². The smallest absolute Gasteiger partial charge is 0.0529 e. The van der Waals surface area contributed by atoms with E-state index in [1.54, 1.807) is 0 Å². The third-order valence-corrected chi connectivity index (χ3v) is 3.07. The second-order valence-corrected chi connectivity index (χ2v) is 4.42. The van der Waals surface area contributed by atoms with Crippen molar-refractivity contribution in [1.29, 1.82) is 0 Å². The fourth-order valence-corrected chi connectivity index (χ4v) is 2.11. The number of hydrogen-bond acceptors (Lipinski definition) is 1. The average Bonchev–Trinajstić information content (AvgIpc) is 2.73. The molecule has 2 aromatic carbocycles. The number of rotatable bonds is 1. The Bertz CT molecular complexity index is 668. The molecule has 0 aliphatic carbocycles. The zero-order valence-electron chi connectivity index (χ0n) is 9.10. The lowest BCUT2D eigenvalue weighted by Gasteiger charge is -2.05. The summed E-state index contributed by atoms with van der Waals surface area (Å²) in [6, 6.07) is 15.7. The molecule has 0 aliphatic heterocycles. The number of fused-ring (bicyclic) bond motifs is 1. The summed E-state index contributed by atoms with van der Waals surface area (Å²) in [5.74, 6) is 0. The highest BCUT2D eigenvalue weighted by Gasteiger charge is 2.03. The van der Waals surface area contributed by atoms with Crippen LogP contribution in [0.15, 0.2) is 54.7 Å². The minimum atomic E-state index is 0.745. The van der Waals surface area contributed by atoms with Gasteiger partial charge >= 0.3 is 0 Å². The number of aromatic nitrogens is 1. The lowest BCUT2D eigenvalue weighted by molar-refractivity contribution is 1.13. The number of hydrogen-bond donors (Lipinski definition) is 1. The van der Waals surface area contributed by atoms with Crippen molar-refractivity contribution in [1.82, 2.24) is 4.57 Å². The Morgan fingerprint density at radius 1 is 0.941 bits per heavy atom. The molecule has 2 nitrogen and oxygen atoms in total. The SMILES string of the molecule is Nc1ccc2c(ccn2-c2ccc(Cl)cc2)c1. The number of nitrogens with zero attached hydrogens (tertiary/aromatic N) is 1. The molecule has 0 atom stereocenters. The van der Waals surface area contributed by atoms with Crippen LogP contribution in [0.25, 0.3) is 16.6 Å². The lowest BCUT2D eigenvalue weighted by Crippen LogP contribution is -1.91. The van der Waals surface area contributed by atoms with E-state index in [4.69, 9.17) is 17.3 Å². The van der Waals surface area contributed by atoms with Crippen LogP contribution in [0.4, 0.5) is 5.69 Å². The van der Waals surface area contributed by atoms with Crippen molar-refractivity contribution in [3.63, 3.8) is 0 Å². The summed E-state index contributed by atoms with van der Waals surface area (Å²) in [4.78, 5) is 0. The van der Waals surface area contributed by atoms with E-state index in [0.717, 1.165) is 27.3 Å². The predicted octanol–water partition coefficient (Wildman–Crippen LogP) is 3.87. The standard InChI is InChI=1S/C14H11ClN2/c15-11-1-4-13(5-2-11)17-8-7-10-9-12(16)3-6-14(10)17/h1-9H,16H2. The maximum Gasteiger partial charge on any atom is 0.0529 e. The van der Waals surface area contributed by atoms with E-state index in [2.05, 4.69) is 10.6 Å². The highest BCUT2D eigenvalue weighted by atomic mass is 35.5. The second kappa shape index (κ2) is 3.82. The molecule has 0 bridgehead atoms. The van der Waals surface area contributed by atoms with Crippen molar-refractivity contribution in [2.24, 2.45) is 0 Å². The number of nitrogen functional groups attached to an aromatic ring is 1. The van der Waals surface area contributed by atoms with Crippen molar-refractivity contribution in [2.45, 2.75) is 0 Å². The van der Waals surface area contributed by atoms with Crippen LogP contribution in [0.3, 0.4) is 0 Å². The van der Waals surface area contributed by atoms with Crippen LogP contribution in [0.5, 0.6) is 0 Å². The first-order valence-electron chi connectivity index (χ1n) is 5.36. The maximum absolute atomic E-state index is 5.89. The second-order valence-electron chi connectivity index (χ2n) is 3.98. The molecule has 3 rings (SSSR count). The monoisotopic (exact) mass is 242 g/mol. The van der Waals surface area contributed by atoms with Crippen LogP contribution in [0.1, 0.15) is 0 Å². The Morgan fingerprint density at radius 2 is 1.71 bits per heavy atom. The van der Waals surface area contributed by atoms with E-state index in [1.807, 2.05) is 48.7 Å². The molecular weight excluding hydrogens is 232 g/mol. The number of anilines is 1. The van der Waals surface area contributed by atoms with Crippen LogP contribution >= 0.6 is 11.6 Å². The molecule has 0 aliphatic rings. The summed E-state index contributed by atoms with van der Waals surface area (Å²) in [5, 5.41) is 1.88. The molecule has 1 aromatic heterocycles. The molecule has 0 radical (unpaired) electrons. The van der Waals surface area contributed by atoms with Gasteiger partial charge in [-0.2, -0.15) is 0 Å². The molecule has 17 heavy (non-hydrogen) atoms. The molecule has 2 N–H and O–H groups in total. The van der Waals surface area contributed by atoms with Crippen LogP contribution in [0, 0.1) is 0 Å². The molecule has 3 heteroatoms. The van der Waals surface area contributed by atoms with Gasteiger partial charge in [-0.3, -0.25) is 0 Å². The zero-order chi connectivity index (χ0) is 11.8. The largest absolute Gasteiger partial charge is 0.399 e. The van der Waals surface area contributed by atoms with Crippen LogP contribution in [0.2, 0.25) is 5.02 Å². The molecule has 84 valence electrons. The van der Waals surface area contributed by atoms with Gasteiger partial charge in [0.15, 0.2) is 0 Å². The summed E-state index contributed by atoms with van der Waals surface area (Å²) >= 11 is 5.89. The van der Waals surface area contributed by atoms with Gasteiger partial charge in [-0.15, -0.1) is 0 Å². The van der Waals surface area contributed by atoms with Crippen LogP contribution < -0.4 is 5.73 Å². The first kappa shape index (κ1) is 10.2. The summed E-state index contributed by atoms with van der Waals surface area (Å²) in [5.41, 5.74) is 8.78. The molecule has 0 spiro atoms. The van der Waals surface area contributed by atoms with E-state index < -0.39 is 0 Å². The molecule has 0 saturated carbocycles. The summed E-state index contributed by atoms with van der Waals surface area (Å²) < 4.78 is 2.12. The highest BCUT2D eigenvalue weighted by molar-refractivity contribution is 6.30. The highest BCUT2D eigenvalue weighted by Crippen LogP contribution is 2.23. The molecule has 0 fully saturated rings. The van der Waals surface area contributed by atoms with E-state index in [-0.39, 0.29) is 0 Å². The average molecular weight is 243 g/mol. The van der Waals surface area contributed by atoms with E-state index >= 15 is 0 Å². The predicted molar refractivity (Wildman–Crippen MR) is 72.7 cm³/mol. The Balaban J connectivity index is 2.21. The van der Waals surface area contributed by atoms with Gasteiger partial charge < -0.3 is 10.3 Å². The zero-order valence-corrected chi connectivity index (χ0v) is 9.85. The molecule has 0 saturated heterocycles. The summed E-state index contributed by atoms with van der Waals surface area (Å²) in [6.45, 7) is 0. The van der Waals surface area contributed by atoms with Crippen molar-refractivity contribution in [2.75, 3.05) is 5.73 Å². The molecule has 0 amide bonds. The number of halogens is 1. The normalized spacial score (nSPS) is 10.9.